The van der Waals surface area contributed by atoms with Crippen molar-refractivity contribution < 1.29 is 0 Å². The van der Waals surface area contributed by atoms with Crippen molar-refractivity contribution in [1.29, 1.82) is 0 Å². The molecule has 0 heterocycles. The summed E-state index contributed by atoms with van der Waals surface area (Å²) in [5.74, 6) is 4.69. The van der Waals surface area contributed by atoms with Crippen molar-refractivity contribution in [3.05, 3.63) is 0 Å². The molecule has 0 aliphatic heterocycles. The summed E-state index contributed by atoms with van der Waals surface area (Å²) in [6.45, 7) is 2.22. The lowest BCUT2D eigenvalue weighted by molar-refractivity contribution is 0.765. The van der Waals surface area contributed by atoms with E-state index in [0.29, 0.717) is 11.2 Å². The van der Waals surface area contributed by atoms with Crippen LogP contribution in [0.3, 0.4) is 0 Å². The van der Waals surface area contributed by atoms with Crippen LogP contribution in [0.25, 0.3) is 0 Å². The van der Waals surface area contributed by atoms with Gasteiger partial charge >= 0.3 is 0 Å². The quantitative estimate of drug-likeness (QED) is 0.587. The smallest absolute Gasteiger partial charge is 0.0223 e. The van der Waals surface area contributed by atoms with Crippen molar-refractivity contribution in [3.63, 3.8) is 0 Å². The van der Waals surface area contributed by atoms with Gasteiger partial charge in [0.15, 0.2) is 0 Å². The molecule has 1 unspecified atom stereocenters. The van der Waals surface area contributed by atoms with Crippen molar-refractivity contribution in [2.75, 3.05) is 23.0 Å². The van der Waals surface area contributed by atoms with Gasteiger partial charge in [-0.1, -0.05) is 6.92 Å². The van der Waals surface area contributed by atoms with E-state index in [1.807, 2.05) is 11.8 Å². The molecule has 0 amide bonds. The highest BCUT2D eigenvalue weighted by Gasteiger charge is 2.06. The first kappa shape index (κ1) is 12.4. The van der Waals surface area contributed by atoms with Crippen LogP contribution in [0.5, 0.6) is 0 Å². The summed E-state index contributed by atoms with van der Waals surface area (Å²) >= 11 is 14.7. The Bertz CT molecular complexity index is 82.5. The monoisotopic (exact) mass is 228 g/mol. The van der Waals surface area contributed by atoms with Gasteiger partial charge in [0.25, 0.3) is 0 Å². The van der Waals surface area contributed by atoms with E-state index in [-0.39, 0.29) is 0 Å². The van der Waals surface area contributed by atoms with E-state index in [1.165, 1.54) is 5.75 Å². The van der Waals surface area contributed by atoms with Gasteiger partial charge in [-0.3, -0.25) is 0 Å². The Kier molecular flexibility index (Phi) is 9.04. The summed E-state index contributed by atoms with van der Waals surface area (Å²) in [5.41, 5.74) is 0. The molecule has 0 nitrogen and oxygen atoms in total. The van der Waals surface area contributed by atoms with Crippen LogP contribution in [0.2, 0.25) is 0 Å². The van der Waals surface area contributed by atoms with Gasteiger partial charge in [-0.15, -0.1) is 0 Å². The minimum absolute atomic E-state index is 0.601. The average Bonchev–Trinajstić information content (AvgIpc) is 2.06. The second kappa shape index (κ2) is 8.02. The Morgan fingerprint density at radius 3 is 2.00 bits per heavy atom. The van der Waals surface area contributed by atoms with Gasteiger partial charge in [-0.05, 0) is 17.4 Å². The molecule has 0 aliphatic carbocycles. The first-order valence-corrected chi connectivity index (χ1v) is 6.63. The molecule has 0 N–H and O–H groups in total. The summed E-state index contributed by atoms with van der Waals surface area (Å²) in [7, 11) is 0. The summed E-state index contributed by atoms with van der Waals surface area (Å²) < 4.78 is 0. The molecule has 0 saturated carbocycles. The Morgan fingerprint density at radius 2 is 1.64 bits per heavy atom. The molecule has 0 aromatic carbocycles. The highest BCUT2D eigenvalue weighted by molar-refractivity contribution is 8.01. The zero-order chi connectivity index (χ0) is 8.69. The third-order valence-corrected chi connectivity index (χ3v) is 4.90. The van der Waals surface area contributed by atoms with Crippen LogP contribution >= 0.6 is 49.6 Å². The first-order chi connectivity index (χ1) is 5.24. The van der Waals surface area contributed by atoms with Crippen molar-refractivity contribution >= 4 is 49.6 Å². The summed E-state index contributed by atoms with van der Waals surface area (Å²) in [6, 6.07) is 0. The van der Waals surface area contributed by atoms with Crippen LogP contribution in [0.1, 0.15) is 6.92 Å². The fourth-order valence-corrected chi connectivity index (χ4v) is 2.84. The molecular weight excluding hydrogens is 212 g/mol. The average molecular weight is 228 g/mol. The van der Waals surface area contributed by atoms with Crippen molar-refractivity contribution in [3.8, 4) is 0 Å². The van der Waals surface area contributed by atoms with Gasteiger partial charge < -0.3 is 0 Å². The van der Waals surface area contributed by atoms with Crippen LogP contribution in [0.4, 0.5) is 0 Å². The van der Waals surface area contributed by atoms with Crippen LogP contribution in [0, 0.1) is 5.92 Å². The van der Waals surface area contributed by atoms with Gasteiger partial charge in [-0.25, -0.2) is 0 Å². The van der Waals surface area contributed by atoms with E-state index in [2.05, 4.69) is 44.8 Å². The topological polar surface area (TPSA) is 0 Å². The third kappa shape index (κ3) is 6.55. The Morgan fingerprint density at radius 1 is 1.09 bits per heavy atom. The van der Waals surface area contributed by atoms with E-state index in [1.54, 1.807) is 0 Å². The Labute approximate surface area is 90.5 Å². The minimum Gasteiger partial charge on any atom is -0.179 e. The summed E-state index contributed by atoms with van der Waals surface area (Å²) in [4.78, 5) is 0. The Balaban J connectivity index is 3.34. The molecule has 0 spiro atoms. The molecule has 1 atom stereocenters. The molecule has 0 radical (unpaired) electrons. The molecule has 4 heteroatoms. The molecular formula is C7H16S4. The normalized spacial score (nSPS) is 13.9. The Hall–Kier alpha value is 1.40. The SMILES string of the molecule is CC(CS)CSC(CS)CS. The van der Waals surface area contributed by atoms with Crippen molar-refractivity contribution in [2.45, 2.75) is 12.2 Å². The molecule has 68 valence electrons. The van der Waals surface area contributed by atoms with Crippen molar-refractivity contribution in [1.82, 2.24) is 0 Å². The number of thiol groups is 3. The number of hydrogen-bond acceptors (Lipinski definition) is 4. The van der Waals surface area contributed by atoms with Crippen LogP contribution < -0.4 is 0 Å². The largest absolute Gasteiger partial charge is 0.179 e. The van der Waals surface area contributed by atoms with E-state index in [0.717, 1.165) is 17.3 Å². The van der Waals surface area contributed by atoms with Gasteiger partial charge in [0.05, 0.1) is 0 Å². The van der Waals surface area contributed by atoms with Gasteiger partial charge in [-0.2, -0.15) is 49.6 Å². The number of rotatable bonds is 6. The maximum Gasteiger partial charge on any atom is 0.0223 e. The summed E-state index contributed by atoms with van der Waals surface area (Å²) in [6.07, 6.45) is 0. The lowest BCUT2D eigenvalue weighted by Gasteiger charge is -2.13. The molecule has 0 aliphatic rings. The highest BCUT2D eigenvalue weighted by Crippen LogP contribution is 2.17. The number of hydrogen-bond donors (Lipinski definition) is 3. The molecule has 0 aromatic rings. The van der Waals surface area contributed by atoms with Crippen molar-refractivity contribution in [2.24, 2.45) is 5.92 Å². The van der Waals surface area contributed by atoms with Crippen LogP contribution in [-0.4, -0.2) is 28.3 Å². The van der Waals surface area contributed by atoms with Crippen LogP contribution in [-0.2, 0) is 0 Å². The molecule has 0 rings (SSSR count). The second-order valence-corrected chi connectivity index (χ2v) is 5.04. The summed E-state index contributed by atoms with van der Waals surface area (Å²) in [5, 5.41) is 0.601. The maximum atomic E-state index is 4.24. The minimum atomic E-state index is 0.601. The molecule has 0 saturated heterocycles. The van der Waals surface area contributed by atoms with E-state index in [4.69, 9.17) is 0 Å². The first-order valence-electron chi connectivity index (χ1n) is 3.68. The third-order valence-electron chi connectivity index (χ3n) is 1.34. The fourth-order valence-electron chi connectivity index (χ4n) is 0.516. The molecule has 0 bridgehead atoms. The van der Waals surface area contributed by atoms with E-state index >= 15 is 0 Å². The van der Waals surface area contributed by atoms with Gasteiger partial charge in [0, 0.05) is 16.8 Å². The number of thioether (sulfide) groups is 1. The van der Waals surface area contributed by atoms with Gasteiger partial charge in [0.1, 0.15) is 0 Å². The lowest BCUT2D eigenvalue weighted by atomic mass is 10.3. The fraction of sp³-hybridized carbons (Fsp3) is 1.00. The van der Waals surface area contributed by atoms with Gasteiger partial charge in [0.2, 0.25) is 0 Å². The molecule has 0 aromatic heterocycles. The van der Waals surface area contributed by atoms with E-state index < -0.39 is 0 Å². The predicted octanol–water partition coefficient (Wildman–Crippen LogP) is 2.51. The highest BCUT2D eigenvalue weighted by atomic mass is 32.2. The standard InChI is InChI=1S/C7H16S4/c1-6(2-8)5-11-7(3-9)4-10/h6-10H,2-5H2,1H3. The molecule has 11 heavy (non-hydrogen) atoms. The second-order valence-electron chi connectivity index (χ2n) is 2.61. The molecule has 0 fully saturated rings. The van der Waals surface area contributed by atoms with E-state index in [9.17, 15) is 0 Å². The predicted molar refractivity (Wildman–Crippen MR) is 67.0 cm³/mol. The van der Waals surface area contributed by atoms with Crippen LogP contribution in [0.15, 0.2) is 0 Å². The zero-order valence-corrected chi connectivity index (χ0v) is 10.2. The lowest BCUT2D eigenvalue weighted by Crippen LogP contribution is -2.11. The zero-order valence-electron chi connectivity index (χ0n) is 6.73. The maximum absolute atomic E-state index is 4.24.